The summed E-state index contributed by atoms with van der Waals surface area (Å²) in [5.41, 5.74) is 6.86. The van der Waals surface area contributed by atoms with Crippen LogP contribution >= 0.6 is 0 Å². The van der Waals surface area contributed by atoms with Crippen LogP contribution in [0.15, 0.2) is 24.3 Å². The predicted molar refractivity (Wildman–Crippen MR) is 52.9 cm³/mol. The molecule has 1 aliphatic rings. The second kappa shape index (κ2) is 3.26. The molecule has 13 heavy (non-hydrogen) atoms. The van der Waals surface area contributed by atoms with E-state index in [-0.39, 0.29) is 6.04 Å². The highest BCUT2D eigenvalue weighted by molar-refractivity contribution is 5.51. The van der Waals surface area contributed by atoms with E-state index in [1.807, 2.05) is 12.1 Å². The highest BCUT2D eigenvalue weighted by Gasteiger charge is 2.18. The Morgan fingerprint density at radius 1 is 1.46 bits per heavy atom. The summed E-state index contributed by atoms with van der Waals surface area (Å²) in [6.45, 7) is 1.88. The van der Waals surface area contributed by atoms with Crippen LogP contribution in [-0.2, 0) is 0 Å². The summed E-state index contributed by atoms with van der Waals surface area (Å²) >= 11 is 0. The summed E-state index contributed by atoms with van der Waals surface area (Å²) < 4.78 is 0. The van der Waals surface area contributed by atoms with Crippen LogP contribution in [0.4, 0.5) is 5.69 Å². The van der Waals surface area contributed by atoms with Crippen molar-refractivity contribution in [2.75, 3.05) is 18.0 Å². The Bertz CT molecular complexity index is 301. The van der Waals surface area contributed by atoms with Gasteiger partial charge >= 0.3 is 0 Å². The Kier molecular flexibility index (Phi) is 2.10. The average molecular weight is 178 g/mol. The van der Waals surface area contributed by atoms with Gasteiger partial charge in [-0.2, -0.15) is 0 Å². The minimum Gasteiger partial charge on any atom is -0.508 e. The van der Waals surface area contributed by atoms with E-state index in [1.165, 1.54) is 0 Å². The van der Waals surface area contributed by atoms with E-state index in [2.05, 4.69) is 4.90 Å². The highest BCUT2D eigenvalue weighted by atomic mass is 16.3. The Labute approximate surface area is 77.8 Å². The number of nitrogens with two attached hydrogens (primary N) is 1. The highest BCUT2D eigenvalue weighted by Crippen LogP contribution is 2.23. The molecule has 3 nitrogen and oxygen atoms in total. The number of phenolic OH excluding ortho intramolecular Hbond substituents is 1. The first-order valence-electron chi connectivity index (χ1n) is 4.55. The predicted octanol–water partition coefficient (Wildman–Crippen LogP) is 0.930. The summed E-state index contributed by atoms with van der Waals surface area (Å²) in [5.74, 6) is 0.318. The van der Waals surface area contributed by atoms with Crippen molar-refractivity contribution in [3.8, 4) is 5.75 Å². The third kappa shape index (κ3) is 1.75. The zero-order valence-electron chi connectivity index (χ0n) is 7.48. The van der Waals surface area contributed by atoms with Gasteiger partial charge in [0, 0.05) is 30.9 Å². The van der Waals surface area contributed by atoms with Gasteiger partial charge in [-0.05, 0) is 18.6 Å². The van der Waals surface area contributed by atoms with E-state index in [0.717, 1.165) is 25.2 Å². The normalized spacial score (nSPS) is 22.2. The molecule has 3 N–H and O–H groups in total. The lowest BCUT2D eigenvalue weighted by Crippen LogP contribution is -2.26. The number of rotatable bonds is 1. The fourth-order valence-electron chi connectivity index (χ4n) is 1.71. The third-order valence-corrected chi connectivity index (χ3v) is 2.42. The maximum Gasteiger partial charge on any atom is 0.117 e. The minimum absolute atomic E-state index is 0.280. The second-order valence-corrected chi connectivity index (χ2v) is 3.51. The van der Waals surface area contributed by atoms with Crippen molar-refractivity contribution in [2.45, 2.75) is 12.5 Å². The summed E-state index contributed by atoms with van der Waals surface area (Å²) in [6, 6.07) is 7.59. The van der Waals surface area contributed by atoms with Crippen LogP contribution in [0.2, 0.25) is 0 Å². The van der Waals surface area contributed by atoms with Crippen molar-refractivity contribution in [3.05, 3.63) is 24.3 Å². The zero-order chi connectivity index (χ0) is 9.26. The number of benzene rings is 1. The molecule has 1 saturated heterocycles. The van der Waals surface area contributed by atoms with Gasteiger partial charge in [0.25, 0.3) is 0 Å². The summed E-state index contributed by atoms with van der Waals surface area (Å²) in [5, 5.41) is 9.28. The van der Waals surface area contributed by atoms with E-state index >= 15 is 0 Å². The Hall–Kier alpha value is -1.22. The maximum atomic E-state index is 9.28. The number of anilines is 1. The van der Waals surface area contributed by atoms with Crippen LogP contribution in [0.1, 0.15) is 6.42 Å². The zero-order valence-corrected chi connectivity index (χ0v) is 7.48. The minimum atomic E-state index is 0.280. The molecule has 2 rings (SSSR count). The van der Waals surface area contributed by atoms with Crippen LogP contribution in [-0.4, -0.2) is 24.2 Å². The topological polar surface area (TPSA) is 49.5 Å². The van der Waals surface area contributed by atoms with Crippen molar-refractivity contribution in [3.63, 3.8) is 0 Å². The molecule has 0 spiro atoms. The Morgan fingerprint density at radius 2 is 2.31 bits per heavy atom. The molecule has 1 aromatic carbocycles. The first-order chi connectivity index (χ1) is 6.25. The van der Waals surface area contributed by atoms with Gasteiger partial charge in [0.05, 0.1) is 0 Å². The number of phenols is 1. The smallest absolute Gasteiger partial charge is 0.117 e. The molecule has 1 heterocycles. The van der Waals surface area contributed by atoms with Crippen LogP contribution in [0.5, 0.6) is 5.75 Å². The molecular weight excluding hydrogens is 164 g/mol. The first kappa shape index (κ1) is 8.38. The largest absolute Gasteiger partial charge is 0.508 e. The van der Waals surface area contributed by atoms with E-state index in [4.69, 9.17) is 5.73 Å². The van der Waals surface area contributed by atoms with Gasteiger partial charge in [0.2, 0.25) is 0 Å². The van der Waals surface area contributed by atoms with Crippen molar-refractivity contribution in [2.24, 2.45) is 5.73 Å². The van der Waals surface area contributed by atoms with E-state index in [9.17, 15) is 5.11 Å². The first-order valence-corrected chi connectivity index (χ1v) is 4.55. The van der Waals surface area contributed by atoms with Gasteiger partial charge in [-0.25, -0.2) is 0 Å². The fraction of sp³-hybridized carbons (Fsp3) is 0.400. The number of nitrogens with zero attached hydrogens (tertiary/aromatic N) is 1. The maximum absolute atomic E-state index is 9.28. The molecule has 0 radical (unpaired) electrons. The number of aromatic hydroxyl groups is 1. The molecule has 0 aromatic heterocycles. The van der Waals surface area contributed by atoms with E-state index in [1.54, 1.807) is 12.1 Å². The summed E-state index contributed by atoms with van der Waals surface area (Å²) in [6.07, 6.45) is 1.04. The SMILES string of the molecule is NC1CCN(c2cccc(O)c2)C1. The molecule has 1 aliphatic heterocycles. The van der Waals surface area contributed by atoms with Crippen molar-refractivity contribution in [1.29, 1.82) is 0 Å². The molecule has 1 unspecified atom stereocenters. The molecule has 1 atom stereocenters. The molecule has 70 valence electrons. The lowest BCUT2D eigenvalue weighted by molar-refractivity contribution is 0.475. The Balaban J connectivity index is 2.16. The van der Waals surface area contributed by atoms with Crippen LogP contribution in [0, 0.1) is 0 Å². The summed E-state index contributed by atoms with van der Waals surface area (Å²) in [7, 11) is 0. The van der Waals surface area contributed by atoms with Crippen molar-refractivity contribution < 1.29 is 5.11 Å². The van der Waals surface area contributed by atoms with E-state index < -0.39 is 0 Å². The van der Waals surface area contributed by atoms with Crippen LogP contribution in [0.25, 0.3) is 0 Å². The van der Waals surface area contributed by atoms with Crippen molar-refractivity contribution in [1.82, 2.24) is 0 Å². The molecule has 0 saturated carbocycles. The fourth-order valence-corrected chi connectivity index (χ4v) is 1.71. The van der Waals surface area contributed by atoms with Crippen LogP contribution in [0.3, 0.4) is 0 Å². The van der Waals surface area contributed by atoms with Gasteiger partial charge in [-0.3, -0.25) is 0 Å². The van der Waals surface area contributed by atoms with Crippen molar-refractivity contribution >= 4 is 5.69 Å². The summed E-state index contributed by atoms with van der Waals surface area (Å²) in [4.78, 5) is 2.20. The Morgan fingerprint density at radius 3 is 2.92 bits per heavy atom. The number of hydrogen-bond donors (Lipinski definition) is 2. The molecule has 0 aliphatic carbocycles. The van der Waals surface area contributed by atoms with Gasteiger partial charge in [-0.15, -0.1) is 0 Å². The molecule has 1 fully saturated rings. The molecule has 0 amide bonds. The lowest BCUT2D eigenvalue weighted by Gasteiger charge is -2.17. The monoisotopic (exact) mass is 178 g/mol. The van der Waals surface area contributed by atoms with Gasteiger partial charge in [0.15, 0.2) is 0 Å². The lowest BCUT2D eigenvalue weighted by atomic mass is 10.3. The standard InChI is InChI=1S/C10H14N2O/c11-8-4-5-12(7-8)9-2-1-3-10(13)6-9/h1-3,6,8,13H,4-5,7,11H2. The molecular formula is C10H14N2O. The average Bonchev–Trinajstić information content (AvgIpc) is 2.52. The van der Waals surface area contributed by atoms with Gasteiger partial charge in [0.1, 0.15) is 5.75 Å². The van der Waals surface area contributed by atoms with E-state index in [0.29, 0.717) is 5.75 Å². The second-order valence-electron chi connectivity index (χ2n) is 3.51. The third-order valence-electron chi connectivity index (χ3n) is 2.42. The molecule has 1 aromatic rings. The molecule has 0 bridgehead atoms. The van der Waals surface area contributed by atoms with Crippen LogP contribution < -0.4 is 10.6 Å². The number of hydrogen-bond acceptors (Lipinski definition) is 3. The molecule has 3 heteroatoms. The van der Waals surface area contributed by atoms with Gasteiger partial charge < -0.3 is 15.7 Å². The van der Waals surface area contributed by atoms with Gasteiger partial charge in [-0.1, -0.05) is 6.07 Å². The quantitative estimate of drug-likeness (QED) is 0.672.